The highest BCUT2D eigenvalue weighted by Gasteiger charge is 2.32. The monoisotopic (exact) mass is 425 g/mol. The average molecular weight is 426 g/mol. The molecule has 164 valence electrons. The van der Waals surface area contributed by atoms with Crippen LogP contribution in [-0.2, 0) is 16.0 Å². The second kappa shape index (κ2) is 9.47. The Bertz CT molecular complexity index is 942. The van der Waals surface area contributed by atoms with Gasteiger partial charge < -0.3 is 19.9 Å². The van der Waals surface area contributed by atoms with Gasteiger partial charge in [-0.3, -0.25) is 9.59 Å². The molecule has 0 radical (unpaired) electrons. The maximum atomic E-state index is 13.1. The standard InChI is InChI=1S/C24H28FN3O3/c1-17-24(30)28(14-13-27-11-3-2-4-12-27)21-16-20(9-10-22(21)31-17)26-23(29)15-18-5-7-19(25)8-6-18/h5-10,16-17H,2-4,11-15H2,1H3,(H,26,29). The van der Waals surface area contributed by atoms with Gasteiger partial charge in [-0.25, -0.2) is 4.39 Å². The SMILES string of the molecule is CC1Oc2ccc(NC(=O)Cc3ccc(F)cc3)cc2N(CCN2CCCCC2)C1=O. The molecule has 2 aromatic rings. The molecule has 0 spiro atoms. The fourth-order valence-electron chi connectivity index (χ4n) is 4.13. The second-order valence-electron chi connectivity index (χ2n) is 8.19. The van der Waals surface area contributed by atoms with Crippen LogP contribution in [0.5, 0.6) is 5.75 Å². The number of hydrogen-bond acceptors (Lipinski definition) is 4. The molecule has 2 aliphatic heterocycles. The summed E-state index contributed by atoms with van der Waals surface area (Å²) in [5.41, 5.74) is 2.01. The normalized spacial score (nSPS) is 19.0. The number of fused-ring (bicyclic) bond motifs is 1. The van der Waals surface area contributed by atoms with Gasteiger partial charge in [0, 0.05) is 18.8 Å². The molecule has 0 bridgehead atoms. The Balaban J connectivity index is 1.46. The van der Waals surface area contributed by atoms with E-state index in [0.717, 1.165) is 25.2 Å². The lowest BCUT2D eigenvalue weighted by atomic mass is 10.1. The number of nitrogens with one attached hydrogen (secondary N) is 1. The number of carbonyl (C=O) groups is 2. The number of hydrogen-bond donors (Lipinski definition) is 1. The number of anilines is 2. The molecule has 0 aliphatic carbocycles. The maximum Gasteiger partial charge on any atom is 0.267 e. The number of piperidine rings is 1. The highest BCUT2D eigenvalue weighted by molar-refractivity contribution is 6.01. The number of ether oxygens (including phenoxy) is 1. The van der Waals surface area contributed by atoms with Crippen molar-refractivity contribution in [1.29, 1.82) is 0 Å². The van der Waals surface area contributed by atoms with Crippen molar-refractivity contribution in [2.45, 2.75) is 38.7 Å². The van der Waals surface area contributed by atoms with E-state index in [1.54, 1.807) is 42.2 Å². The van der Waals surface area contributed by atoms with Crippen LogP contribution in [-0.4, -0.2) is 49.0 Å². The molecular weight excluding hydrogens is 397 g/mol. The van der Waals surface area contributed by atoms with Gasteiger partial charge in [0.25, 0.3) is 5.91 Å². The highest BCUT2D eigenvalue weighted by atomic mass is 19.1. The van der Waals surface area contributed by atoms with Crippen molar-refractivity contribution in [3.05, 3.63) is 53.8 Å². The van der Waals surface area contributed by atoms with E-state index in [-0.39, 0.29) is 24.1 Å². The Labute approximate surface area is 182 Å². The van der Waals surface area contributed by atoms with Crippen LogP contribution in [0, 0.1) is 5.82 Å². The van der Waals surface area contributed by atoms with Crippen molar-refractivity contribution in [2.24, 2.45) is 0 Å². The number of benzene rings is 2. The molecule has 0 aromatic heterocycles. The van der Waals surface area contributed by atoms with Gasteiger partial charge in [0.1, 0.15) is 11.6 Å². The average Bonchev–Trinajstić information content (AvgIpc) is 2.77. The molecule has 2 heterocycles. The highest BCUT2D eigenvalue weighted by Crippen LogP contribution is 2.36. The smallest absolute Gasteiger partial charge is 0.267 e. The van der Waals surface area contributed by atoms with Crippen molar-refractivity contribution in [1.82, 2.24) is 4.90 Å². The van der Waals surface area contributed by atoms with Gasteiger partial charge in [0.2, 0.25) is 5.91 Å². The van der Waals surface area contributed by atoms with E-state index >= 15 is 0 Å². The first kappa shape index (κ1) is 21.3. The van der Waals surface area contributed by atoms with E-state index in [4.69, 9.17) is 4.74 Å². The molecular formula is C24H28FN3O3. The lowest BCUT2D eigenvalue weighted by Crippen LogP contribution is -2.48. The van der Waals surface area contributed by atoms with Gasteiger partial charge in [0.15, 0.2) is 6.10 Å². The minimum Gasteiger partial charge on any atom is -0.479 e. The van der Waals surface area contributed by atoms with Crippen molar-refractivity contribution < 1.29 is 18.7 Å². The van der Waals surface area contributed by atoms with E-state index in [2.05, 4.69) is 10.2 Å². The maximum absolute atomic E-state index is 13.1. The van der Waals surface area contributed by atoms with Crippen LogP contribution in [0.1, 0.15) is 31.7 Å². The van der Waals surface area contributed by atoms with Gasteiger partial charge in [0.05, 0.1) is 12.1 Å². The fourth-order valence-corrected chi connectivity index (χ4v) is 4.13. The van der Waals surface area contributed by atoms with Crippen molar-refractivity contribution in [3.63, 3.8) is 0 Å². The molecule has 2 amide bonds. The zero-order valence-corrected chi connectivity index (χ0v) is 17.8. The molecule has 1 unspecified atom stereocenters. The second-order valence-corrected chi connectivity index (χ2v) is 8.19. The van der Waals surface area contributed by atoms with Crippen LogP contribution in [0.15, 0.2) is 42.5 Å². The first-order chi connectivity index (χ1) is 15.0. The van der Waals surface area contributed by atoms with Gasteiger partial charge in [-0.05, 0) is 68.8 Å². The lowest BCUT2D eigenvalue weighted by molar-refractivity contribution is -0.125. The summed E-state index contributed by atoms with van der Waals surface area (Å²) in [5.74, 6) is 0.0341. The largest absolute Gasteiger partial charge is 0.479 e. The first-order valence-corrected chi connectivity index (χ1v) is 10.9. The minimum absolute atomic E-state index is 0.0701. The molecule has 31 heavy (non-hydrogen) atoms. The molecule has 4 rings (SSSR count). The molecule has 6 nitrogen and oxygen atoms in total. The summed E-state index contributed by atoms with van der Waals surface area (Å²) in [7, 11) is 0. The number of amides is 2. The number of nitrogens with zero attached hydrogens (tertiary/aromatic N) is 2. The Kier molecular flexibility index (Phi) is 6.51. The predicted octanol–water partition coefficient (Wildman–Crippen LogP) is 3.61. The van der Waals surface area contributed by atoms with Crippen LogP contribution in [0.25, 0.3) is 0 Å². The zero-order valence-electron chi connectivity index (χ0n) is 17.8. The van der Waals surface area contributed by atoms with E-state index < -0.39 is 6.10 Å². The van der Waals surface area contributed by atoms with E-state index in [9.17, 15) is 14.0 Å². The molecule has 2 aromatic carbocycles. The first-order valence-electron chi connectivity index (χ1n) is 10.9. The van der Waals surface area contributed by atoms with Gasteiger partial charge in [-0.2, -0.15) is 0 Å². The van der Waals surface area contributed by atoms with Crippen LogP contribution in [0.2, 0.25) is 0 Å². The summed E-state index contributed by atoms with van der Waals surface area (Å²) in [6.07, 6.45) is 3.28. The van der Waals surface area contributed by atoms with E-state index in [0.29, 0.717) is 23.7 Å². The summed E-state index contributed by atoms with van der Waals surface area (Å²) < 4.78 is 18.8. The Morgan fingerprint density at radius 2 is 1.84 bits per heavy atom. The van der Waals surface area contributed by atoms with Crippen LogP contribution in [0.4, 0.5) is 15.8 Å². The number of likely N-dealkylation sites (tertiary alicyclic amines) is 1. The summed E-state index contributed by atoms with van der Waals surface area (Å²) in [4.78, 5) is 29.4. The Hall–Kier alpha value is -2.93. The number of carbonyl (C=O) groups excluding carboxylic acids is 2. The lowest BCUT2D eigenvalue weighted by Gasteiger charge is -2.35. The molecule has 7 heteroatoms. The quantitative estimate of drug-likeness (QED) is 0.768. The van der Waals surface area contributed by atoms with Crippen LogP contribution >= 0.6 is 0 Å². The molecule has 1 atom stereocenters. The fraction of sp³-hybridized carbons (Fsp3) is 0.417. The third-order valence-corrected chi connectivity index (χ3v) is 5.82. The van der Waals surface area contributed by atoms with E-state index in [1.807, 2.05) is 0 Å². The van der Waals surface area contributed by atoms with Crippen molar-refractivity contribution in [3.8, 4) is 5.75 Å². The molecule has 1 N–H and O–H groups in total. The Morgan fingerprint density at radius 3 is 2.58 bits per heavy atom. The van der Waals surface area contributed by atoms with Crippen molar-refractivity contribution >= 4 is 23.2 Å². The molecule has 1 fully saturated rings. The molecule has 0 saturated carbocycles. The summed E-state index contributed by atoms with van der Waals surface area (Å²) in [5, 5.41) is 2.87. The summed E-state index contributed by atoms with van der Waals surface area (Å²) >= 11 is 0. The van der Waals surface area contributed by atoms with E-state index in [1.165, 1.54) is 31.4 Å². The Morgan fingerprint density at radius 1 is 1.10 bits per heavy atom. The minimum atomic E-state index is -0.534. The molecule has 2 aliphatic rings. The number of rotatable bonds is 6. The third kappa shape index (κ3) is 5.22. The van der Waals surface area contributed by atoms with Crippen LogP contribution in [0.3, 0.4) is 0 Å². The topological polar surface area (TPSA) is 61.9 Å². The zero-order chi connectivity index (χ0) is 21.8. The van der Waals surface area contributed by atoms with Crippen LogP contribution < -0.4 is 15.0 Å². The summed E-state index contributed by atoms with van der Waals surface area (Å²) in [6, 6.07) is 11.2. The van der Waals surface area contributed by atoms with Gasteiger partial charge >= 0.3 is 0 Å². The third-order valence-electron chi connectivity index (χ3n) is 5.82. The van der Waals surface area contributed by atoms with Gasteiger partial charge in [-0.1, -0.05) is 18.6 Å². The summed E-state index contributed by atoms with van der Waals surface area (Å²) in [6.45, 7) is 5.31. The van der Waals surface area contributed by atoms with Gasteiger partial charge in [-0.15, -0.1) is 0 Å². The van der Waals surface area contributed by atoms with Crippen molar-refractivity contribution in [2.75, 3.05) is 36.4 Å². The number of halogens is 1. The molecule has 1 saturated heterocycles. The predicted molar refractivity (Wildman–Crippen MR) is 118 cm³/mol.